The molecule has 3 heteroatoms. The van der Waals surface area contributed by atoms with Gasteiger partial charge in [0.1, 0.15) is 0 Å². The molecule has 0 spiro atoms. The molecule has 1 rings (SSSR count). The van der Waals surface area contributed by atoms with E-state index in [4.69, 9.17) is 5.26 Å². The second kappa shape index (κ2) is 3.84. The molecule has 60 valence electrons. The van der Waals surface area contributed by atoms with Gasteiger partial charge in [0.15, 0.2) is 6.29 Å². The van der Waals surface area contributed by atoms with Gasteiger partial charge in [0, 0.05) is 11.0 Å². The largest absolute Gasteiger partial charge is 0.297 e. The highest BCUT2D eigenvalue weighted by atomic mass is 32.1. The summed E-state index contributed by atoms with van der Waals surface area (Å²) in [5, 5.41) is 8.28. The first-order chi connectivity index (χ1) is 5.77. The molecule has 0 aliphatic carbocycles. The molecule has 0 radical (unpaired) electrons. The van der Waals surface area contributed by atoms with E-state index in [-0.39, 0.29) is 0 Å². The molecule has 0 fully saturated rings. The van der Waals surface area contributed by atoms with Gasteiger partial charge in [-0.05, 0) is 24.6 Å². The van der Waals surface area contributed by atoms with Crippen LogP contribution in [0.3, 0.4) is 0 Å². The summed E-state index contributed by atoms with van der Waals surface area (Å²) in [6.07, 6.45) is 3.95. The predicted octanol–water partition coefficient (Wildman–Crippen LogP) is 2.41. The lowest BCUT2D eigenvalue weighted by molar-refractivity contribution is 0.112. The quantitative estimate of drug-likeness (QED) is 0.514. The Morgan fingerprint density at radius 3 is 2.92 bits per heavy atom. The van der Waals surface area contributed by atoms with Crippen LogP contribution in [0.15, 0.2) is 12.1 Å². The van der Waals surface area contributed by atoms with Crippen LogP contribution in [0, 0.1) is 18.3 Å². The normalized spacial score (nSPS) is 10.0. The average Bonchev–Trinajstić information content (AvgIpc) is 2.43. The third kappa shape index (κ3) is 1.80. The van der Waals surface area contributed by atoms with Gasteiger partial charge in [0.25, 0.3) is 0 Å². The van der Waals surface area contributed by atoms with Gasteiger partial charge in [-0.15, -0.1) is 11.3 Å². The molecule has 2 nitrogen and oxygen atoms in total. The molecule has 12 heavy (non-hydrogen) atoms. The Bertz CT molecular complexity index is 357. The molecule has 0 atom stereocenters. The van der Waals surface area contributed by atoms with Crippen molar-refractivity contribution in [2.24, 2.45) is 0 Å². The summed E-state index contributed by atoms with van der Waals surface area (Å²) < 4.78 is 0. The van der Waals surface area contributed by atoms with Gasteiger partial charge in [-0.1, -0.05) is 0 Å². The van der Waals surface area contributed by atoms with Gasteiger partial charge in [0.2, 0.25) is 0 Å². The Labute approximate surface area is 74.8 Å². The van der Waals surface area contributed by atoms with Crippen molar-refractivity contribution in [2.45, 2.75) is 6.92 Å². The molecule has 0 saturated carbocycles. The molecule has 0 aromatic carbocycles. The Kier molecular flexibility index (Phi) is 2.78. The molecule has 1 heterocycles. The number of nitrogens with zero attached hydrogens (tertiary/aromatic N) is 1. The maximum atomic E-state index is 10.4. The van der Waals surface area contributed by atoms with E-state index in [1.807, 2.05) is 19.1 Å². The second-order valence-corrected chi connectivity index (χ2v) is 3.39. The maximum absolute atomic E-state index is 10.4. The molecular formula is C9H7NOS. The van der Waals surface area contributed by atoms with Crippen molar-refractivity contribution in [1.82, 2.24) is 0 Å². The highest BCUT2D eigenvalue weighted by Crippen LogP contribution is 2.21. The predicted molar refractivity (Wildman–Crippen MR) is 49.1 cm³/mol. The molecule has 0 aliphatic rings. The number of aryl methyl sites for hydroxylation is 1. The fraction of sp³-hybridized carbons (Fsp3) is 0.111. The van der Waals surface area contributed by atoms with Crippen molar-refractivity contribution in [2.75, 3.05) is 0 Å². The minimum atomic E-state index is 0.699. The minimum Gasteiger partial charge on any atom is -0.297 e. The summed E-state index contributed by atoms with van der Waals surface area (Å²) in [6, 6.07) is 3.72. The monoisotopic (exact) mass is 177 g/mol. The number of rotatable bonds is 2. The smallest absolute Gasteiger partial charge is 0.160 e. The number of hydrogen-bond acceptors (Lipinski definition) is 3. The lowest BCUT2D eigenvalue weighted by atomic mass is 10.2. The number of thiophene rings is 1. The van der Waals surface area contributed by atoms with Gasteiger partial charge < -0.3 is 0 Å². The van der Waals surface area contributed by atoms with Crippen LogP contribution in [0.4, 0.5) is 0 Å². The van der Waals surface area contributed by atoms with Gasteiger partial charge in [0.05, 0.1) is 10.9 Å². The Morgan fingerprint density at radius 2 is 2.42 bits per heavy atom. The molecule has 1 aromatic rings. The highest BCUT2D eigenvalue weighted by Gasteiger charge is 2.00. The highest BCUT2D eigenvalue weighted by molar-refractivity contribution is 7.14. The van der Waals surface area contributed by atoms with E-state index < -0.39 is 0 Å². The average molecular weight is 177 g/mol. The van der Waals surface area contributed by atoms with Gasteiger partial charge in [-0.25, -0.2) is 0 Å². The van der Waals surface area contributed by atoms with E-state index in [9.17, 15) is 4.79 Å². The van der Waals surface area contributed by atoms with Gasteiger partial charge in [-0.3, -0.25) is 4.79 Å². The number of nitriles is 1. The van der Waals surface area contributed by atoms with Crippen LogP contribution in [-0.4, -0.2) is 6.29 Å². The summed E-state index contributed by atoms with van der Waals surface area (Å²) in [4.78, 5) is 12.0. The second-order valence-electron chi connectivity index (χ2n) is 2.28. The first kappa shape index (κ1) is 8.69. The zero-order valence-corrected chi connectivity index (χ0v) is 7.39. The van der Waals surface area contributed by atoms with Crippen molar-refractivity contribution >= 4 is 23.7 Å². The van der Waals surface area contributed by atoms with Crippen LogP contribution in [0.5, 0.6) is 0 Å². The number of carbonyl (C=O) groups is 1. The summed E-state index contributed by atoms with van der Waals surface area (Å²) in [6.45, 7) is 1.92. The van der Waals surface area contributed by atoms with Crippen LogP contribution in [0.2, 0.25) is 0 Å². The standard InChI is InChI=1S/C9H7NOS/c1-7-5-8(6-11)12-9(7)3-2-4-10/h2-3,5-6H,1H3. The van der Waals surface area contributed by atoms with Crippen molar-refractivity contribution < 1.29 is 4.79 Å². The molecule has 0 saturated heterocycles. The molecule has 0 N–H and O–H groups in total. The lowest BCUT2D eigenvalue weighted by Gasteiger charge is -1.83. The Balaban J connectivity index is 3.01. The number of allylic oxidation sites excluding steroid dienone is 1. The first-order valence-corrected chi connectivity index (χ1v) is 4.21. The Hall–Kier alpha value is -1.40. The van der Waals surface area contributed by atoms with Gasteiger partial charge >= 0.3 is 0 Å². The molecule has 1 aromatic heterocycles. The van der Waals surface area contributed by atoms with Gasteiger partial charge in [-0.2, -0.15) is 5.26 Å². The summed E-state index contributed by atoms with van der Waals surface area (Å²) in [5.41, 5.74) is 1.04. The lowest BCUT2D eigenvalue weighted by Crippen LogP contribution is -1.66. The van der Waals surface area contributed by atoms with Crippen LogP contribution in [0.1, 0.15) is 20.1 Å². The zero-order chi connectivity index (χ0) is 8.97. The van der Waals surface area contributed by atoms with Crippen LogP contribution < -0.4 is 0 Å². The summed E-state index contributed by atoms with van der Waals surface area (Å²) in [7, 11) is 0. The van der Waals surface area contributed by atoms with E-state index in [0.29, 0.717) is 4.88 Å². The molecule has 0 bridgehead atoms. The van der Waals surface area contributed by atoms with Crippen molar-refractivity contribution in [3.05, 3.63) is 27.5 Å². The van der Waals surface area contributed by atoms with Crippen molar-refractivity contribution in [3.63, 3.8) is 0 Å². The van der Waals surface area contributed by atoms with E-state index in [0.717, 1.165) is 16.7 Å². The molecule has 0 amide bonds. The molecule has 0 aliphatic heterocycles. The third-order valence-electron chi connectivity index (χ3n) is 1.40. The first-order valence-electron chi connectivity index (χ1n) is 3.39. The molecular weight excluding hydrogens is 170 g/mol. The van der Waals surface area contributed by atoms with Crippen molar-refractivity contribution in [1.29, 1.82) is 5.26 Å². The van der Waals surface area contributed by atoms with Crippen LogP contribution in [-0.2, 0) is 0 Å². The van der Waals surface area contributed by atoms with E-state index in [2.05, 4.69) is 0 Å². The van der Waals surface area contributed by atoms with E-state index in [1.165, 1.54) is 17.4 Å². The fourth-order valence-corrected chi connectivity index (χ4v) is 1.75. The van der Waals surface area contributed by atoms with Crippen LogP contribution in [0.25, 0.3) is 6.08 Å². The number of carbonyl (C=O) groups excluding carboxylic acids is 1. The molecule has 0 unspecified atom stereocenters. The topological polar surface area (TPSA) is 40.9 Å². The van der Waals surface area contributed by atoms with E-state index in [1.54, 1.807) is 6.08 Å². The SMILES string of the molecule is Cc1cc(C=O)sc1C=CC#N. The third-order valence-corrected chi connectivity index (χ3v) is 2.53. The van der Waals surface area contributed by atoms with Crippen LogP contribution >= 0.6 is 11.3 Å². The minimum absolute atomic E-state index is 0.699. The fourth-order valence-electron chi connectivity index (χ4n) is 0.858. The zero-order valence-electron chi connectivity index (χ0n) is 6.57. The van der Waals surface area contributed by atoms with Crippen molar-refractivity contribution in [3.8, 4) is 6.07 Å². The maximum Gasteiger partial charge on any atom is 0.160 e. The number of hydrogen-bond donors (Lipinski definition) is 0. The summed E-state index contributed by atoms with van der Waals surface area (Å²) >= 11 is 1.39. The number of aldehydes is 1. The Morgan fingerprint density at radius 1 is 1.67 bits per heavy atom. The van der Waals surface area contributed by atoms with E-state index >= 15 is 0 Å². The summed E-state index contributed by atoms with van der Waals surface area (Å²) in [5.74, 6) is 0.